The molecule has 6 heteroatoms. The second kappa shape index (κ2) is 5.66. The largest absolute Gasteiger partial charge is 0.416 e. The Morgan fingerprint density at radius 1 is 1.10 bits per heavy atom. The average Bonchev–Trinajstić information content (AvgIpc) is 2.37. The maximum Gasteiger partial charge on any atom is 0.416 e. The summed E-state index contributed by atoms with van der Waals surface area (Å²) in [6.07, 6.45) is -4.35. The van der Waals surface area contributed by atoms with Gasteiger partial charge in [0.2, 0.25) is 0 Å². The zero-order valence-electron chi connectivity index (χ0n) is 10.4. The summed E-state index contributed by atoms with van der Waals surface area (Å²) >= 11 is 0.985. The van der Waals surface area contributed by atoms with Crippen LogP contribution in [0.2, 0.25) is 0 Å². The SMILES string of the molecule is CC(=O)Sc1cccc(-c2ccc(C(F)(F)F)cc2)n1. The van der Waals surface area contributed by atoms with Gasteiger partial charge in [0, 0.05) is 12.5 Å². The summed E-state index contributed by atoms with van der Waals surface area (Å²) in [6, 6.07) is 9.85. The molecule has 0 saturated carbocycles. The summed E-state index contributed by atoms with van der Waals surface area (Å²) in [4.78, 5) is 15.2. The van der Waals surface area contributed by atoms with Crippen LogP contribution in [0.1, 0.15) is 12.5 Å². The highest BCUT2D eigenvalue weighted by molar-refractivity contribution is 8.13. The van der Waals surface area contributed by atoms with Crippen LogP contribution in [0.5, 0.6) is 0 Å². The van der Waals surface area contributed by atoms with Crippen LogP contribution < -0.4 is 0 Å². The minimum atomic E-state index is -4.35. The van der Waals surface area contributed by atoms with Gasteiger partial charge in [-0.25, -0.2) is 4.98 Å². The molecular formula is C14H10F3NOS. The molecule has 2 aromatic rings. The van der Waals surface area contributed by atoms with Crippen molar-refractivity contribution in [1.29, 1.82) is 0 Å². The number of hydrogen-bond donors (Lipinski definition) is 0. The van der Waals surface area contributed by atoms with Crippen LogP contribution in [0.3, 0.4) is 0 Å². The first-order valence-corrected chi connectivity index (χ1v) is 6.51. The van der Waals surface area contributed by atoms with Crippen LogP contribution in [0.15, 0.2) is 47.5 Å². The lowest BCUT2D eigenvalue weighted by atomic mass is 10.1. The van der Waals surface area contributed by atoms with Gasteiger partial charge in [-0.05, 0) is 36.0 Å². The number of carbonyl (C=O) groups excluding carboxylic acids is 1. The average molecular weight is 297 g/mol. The first kappa shape index (κ1) is 14.6. The van der Waals surface area contributed by atoms with Gasteiger partial charge in [-0.15, -0.1) is 0 Å². The first-order chi connectivity index (χ1) is 9.36. The number of carbonyl (C=O) groups is 1. The van der Waals surface area contributed by atoms with E-state index in [0.717, 1.165) is 23.9 Å². The van der Waals surface area contributed by atoms with Crippen molar-refractivity contribution in [3.8, 4) is 11.3 Å². The van der Waals surface area contributed by atoms with Crippen LogP contribution in [0.4, 0.5) is 13.2 Å². The van der Waals surface area contributed by atoms with E-state index in [4.69, 9.17) is 0 Å². The van der Waals surface area contributed by atoms with E-state index in [9.17, 15) is 18.0 Å². The Kier molecular flexibility index (Phi) is 4.13. The van der Waals surface area contributed by atoms with Crippen molar-refractivity contribution in [1.82, 2.24) is 4.98 Å². The third-order valence-corrected chi connectivity index (χ3v) is 3.20. The molecular weight excluding hydrogens is 287 g/mol. The summed E-state index contributed by atoms with van der Waals surface area (Å²) in [6.45, 7) is 1.43. The Hall–Kier alpha value is -1.82. The Morgan fingerprint density at radius 2 is 1.75 bits per heavy atom. The van der Waals surface area contributed by atoms with Crippen molar-refractivity contribution >= 4 is 16.9 Å². The standard InChI is InChI=1S/C14H10F3NOS/c1-9(19)20-13-4-2-3-12(18-13)10-5-7-11(8-6-10)14(15,16)17/h2-8H,1H3. The van der Waals surface area contributed by atoms with E-state index >= 15 is 0 Å². The molecule has 1 heterocycles. The molecule has 0 spiro atoms. The van der Waals surface area contributed by atoms with Crippen molar-refractivity contribution in [3.05, 3.63) is 48.0 Å². The first-order valence-electron chi connectivity index (χ1n) is 5.69. The molecule has 0 aliphatic heterocycles. The van der Waals surface area contributed by atoms with E-state index in [1.54, 1.807) is 18.2 Å². The topological polar surface area (TPSA) is 30.0 Å². The number of aromatic nitrogens is 1. The Bertz CT molecular complexity index is 623. The van der Waals surface area contributed by atoms with Gasteiger partial charge >= 0.3 is 6.18 Å². The molecule has 0 unspecified atom stereocenters. The smallest absolute Gasteiger partial charge is 0.287 e. The highest BCUT2D eigenvalue weighted by atomic mass is 32.2. The second-order valence-corrected chi connectivity index (χ2v) is 5.23. The van der Waals surface area contributed by atoms with Crippen molar-refractivity contribution in [2.45, 2.75) is 18.1 Å². The number of nitrogens with zero attached hydrogens (tertiary/aromatic N) is 1. The zero-order chi connectivity index (χ0) is 14.8. The maximum absolute atomic E-state index is 12.5. The van der Waals surface area contributed by atoms with E-state index in [-0.39, 0.29) is 5.12 Å². The second-order valence-electron chi connectivity index (χ2n) is 4.03. The molecule has 2 nitrogen and oxygen atoms in total. The number of alkyl halides is 3. The van der Waals surface area contributed by atoms with Crippen LogP contribution in [-0.4, -0.2) is 10.1 Å². The number of hydrogen-bond acceptors (Lipinski definition) is 3. The minimum absolute atomic E-state index is 0.0953. The summed E-state index contributed by atoms with van der Waals surface area (Å²) in [5.74, 6) is 0. The van der Waals surface area contributed by atoms with Crippen LogP contribution >= 0.6 is 11.8 Å². The fourth-order valence-corrected chi connectivity index (χ4v) is 2.19. The molecule has 2 rings (SSSR count). The number of halogens is 3. The predicted octanol–water partition coefficient (Wildman–Crippen LogP) is 4.41. The van der Waals surface area contributed by atoms with Gasteiger partial charge in [-0.3, -0.25) is 4.79 Å². The summed E-state index contributed by atoms with van der Waals surface area (Å²) < 4.78 is 37.4. The molecule has 0 fully saturated rings. The van der Waals surface area contributed by atoms with Gasteiger partial charge in [0.05, 0.1) is 11.3 Å². The summed E-state index contributed by atoms with van der Waals surface area (Å²) in [7, 11) is 0. The summed E-state index contributed by atoms with van der Waals surface area (Å²) in [5.41, 5.74) is 0.407. The van der Waals surface area contributed by atoms with Gasteiger partial charge in [0.15, 0.2) is 5.12 Å². The molecule has 104 valence electrons. The van der Waals surface area contributed by atoms with E-state index in [2.05, 4.69) is 4.98 Å². The van der Waals surface area contributed by atoms with Crippen molar-refractivity contribution in [3.63, 3.8) is 0 Å². The third-order valence-electron chi connectivity index (χ3n) is 2.48. The van der Waals surface area contributed by atoms with Crippen molar-refractivity contribution in [2.75, 3.05) is 0 Å². The Morgan fingerprint density at radius 3 is 2.30 bits per heavy atom. The monoisotopic (exact) mass is 297 g/mol. The van der Waals surface area contributed by atoms with Crippen LogP contribution in [-0.2, 0) is 11.0 Å². The maximum atomic E-state index is 12.5. The van der Waals surface area contributed by atoms with Crippen molar-refractivity contribution in [2.24, 2.45) is 0 Å². The molecule has 20 heavy (non-hydrogen) atoms. The lowest BCUT2D eigenvalue weighted by molar-refractivity contribution is -0.137. The van der Waals surface area contributed by atoms with Crippen molar-refractivity contribution < 1.29 is 18.0 Å². The number of benzene rings is 1. The molecule has 0 amide bonds. The quantitative estimate of drug-likeness (QED) is 0.769. The fourth-order valence-electron chi connectivity index (χ4n) is 1.61. The van der Waals surface area contributed by atoms with E-state index in [0.29, 0.717) is 16.3 Å². The summed E-state index contributed by atoms with van der Waals surface area (Å²) in [5, 5.41) is 0.428. The Labute approximate surface area is 118 Å². The van der Waals surface area contributed by atoms with E-state index in [1.165, 1.54) is 19.1 Å². The van der Waals surface area contributed by atoms with E-state index < -0.39 is 11.7 Å². The minimum Gasteiger partial charge on any atom is -0.287 e. The molecule has 0 saturated heterocycles. The molecule has 1 aromatic heterocycles. The van der Waals surface area contributed by atoms with Gasteiger partial charge in [0.25, 0.3) is 0 Å². The number of thioether (sulfide) groups is 1. The van der Waals surface area contributed by atoms with Gasteiger partial charge in [-0.2, -0.15) is 13.2 Å². The lowest BCUT2D eigenvalue weighted by Crippen LogP contribution is -2.04. The molecule has 0 N–H and O–H groups in total. The van der Waals surface area contributed by atoms with Gasteiger partial charge in [0.1, 0.15) is 5.03 Å². The number of pyridine rings is 1. The third kappa shape index (κ3) is 3.60. The predicted molar refractivity (Wildman–Crippen MR) is 71.2 cm³/mol. The Balaban J connectivity index is 2.30. The van der Waals surface area contributed by atoms with E-state index in [1.807, 2.05) is 0 Å². The zero-order valence-corrected chi connectivity index (χ0v) is 11.3. The van der Waals surface area contributed by atoms with Gasteiger partial charge < -0.3 is 0 Å². The lowest BCUT2D eigenvalue weighted by Gasteiger charge is -2.08. The molecule has 0 aliphatic carbocycles. The molecule has 1 aromatic carbocycles. The van der Waals surface area contributed by atoms with Crippen LogP contribution in [0, 0.1) is 0 Å². The van der Waals surface area contributed by atoms with Gasteiger partial charge in [-0.1, -0.05) is 18.2 Å². The molecule has 0 bridgehead atoms. The molecule has 0 atom stereocenters. The normalized spacial score (nSPS) is 11.4. The highest BCUT2D eigenvalue weighted by Gasteiger charge is 2.29. The number of rotatable bonds is 2. The molecule has 0 radical (unpaired) electrons. The molecule has 0 aliphatic rings. The van der Waals surface area contributed by atoms with Crippen LogP contribution in [0.25, 0.3) is 11.3 Å². The highest BCUT2D eigenvalue weighted by Crippen LogP contribution is 2.31. The fraction of sp³-hybridized carbons (Fsp3) is 0.143.